The number of benzene rings is 2. The average molecular weight is 491 g/mol. The summed E-state index contributed by atoms with van der Waals surface area (Å²) in [4.78, 5) is 4.60. The maximum Gasteiger partial charge on any atom is 0.247 e. The van der Waals surface area contributed by atoms with Gasteiger partial charge in [-0.3, -0.25) is 0 Å². The van der Waals surface area contributed by atoms with E-state index in [9.17, 15) is 13.2 Å². The van der Waals surface area contributed by atoms with Crippen molar-refractivity contribution in [3.8, 4) is 11.3 Å². The Labute approximate surface area is 208 Å². The van der Waals surface area contributed by atoms with Crippen molar-refractivity contribution >= 4 is 16.9 Å². The molecule has 0 amide bonds. The van der Waals surface area contributed by atoms with Gasteiger partial charge in [0.05, 0.1) is 23.3 Å². The van der Waals surface area contributed by atoms with Crippen LogP contribution < -0.4 is 5.32 Å². The summed E-state index contributed by atoms with van der Waals surface area (Å²) in [7, 11) is 0. The molecular weight excluding hydrogens is 461 g/mol. The minimum atomic E-state index is -2.78. The molecule has 0 saturated heterocycles. The molecule has 0 aliphatic heterocycles. The van der Waals surface area contributed by atoms with Crippen LogP contribution in [0.2, 0.25) is 0 Å². The average Bonchev–Trinajstić information content (AvgIpc) is 3.51. The molecule has 186 valence electrons. The first-order valence-electron chi connectivity index (χ1n) is 12.1. The Morgan fingerprint density at radius 2 is 1.94 bits per heavy atom. The van der Waals surface area contributed by atoms with Gasteiger partial charge in [0.15, 0.2) is 5.65 Å². The zero-order chi connectivity index (χ0) is 25.7. The zero-order valence-corrected chi connectivity index (χ0v) is 20.7. The van der Waals surface area contributed by atoms with E-state index in [0.29, 0.717) is 11.3 Å². The number of hydrogen-bond donors (Lipinski definition) is 1. The highest BCUT2D eigenvalue weighted by molar-refractivity contribution is 5.75. The molecule has 36 heavy (non-hydrogen) atoms. The van der Waals surface area contributed by atoms with Gasteiger partial charge in [-0.2, -0.15) is 5.10 Å². The number of hydrogen-bond acceptors (Lipinski definition) is 3. The Kier molecular flexibility index (Phi) is 5.89. The van der Waals surface area contributed by atoms with Gasteiger partial charge in [-0.05, 0) is 74.6 Å². The molecule has 1 saturated carbocycles. The SMILES string of the molecule is C=C(C)c1ccc(-c2cnc3c(NCCC(C)(F)F)cc(C4(c5cccc(F)c5)CC4)nn23)cc1C. The lowest BCUT2D eigenvalue weighted by molar-refractivity contribution is 0.0167. The van der Waals surface area contributed by atoms with Gasteiger partial charge in [0.1, 0.15) is 5.82 Å². The first-order valence-corrected chi connectivity index (χ1v) is 12.1. The van der Waals surface area contributed by atoms with Crippen molar-refractivity contribution in [2.45, 2.75) is 51.4 Å². The summed E-state index contributed by atoms with van der Waals surface area (Å²) >= 11 is 0. The van der Waals surface area contributed by atoms with Crippen LogP contribution in [-0.2, 0) is 5.41 Å². The van der Waals surface area contributed by atoms with Crippen LogP contribution >= 0.6 is 0 Å². The predicted octanol–water partition coefficient (Wildman–Crippen LogP) is 7.41. The van der Waals surface area contributed by atoms with Gasteiger partial charge in [0.2, 0.25) is 5.92 Å². The lowest BCUT2D eigenvalue weighted by atomic mass is 9.92. The van der Waals surface area contributed by atoms with Crippen molar-refractivity contribution in [3.63, 3.8) is 0 Å². The van der Waals surface area contributed by atoms with Crippen LogP contribution in [-0.4, -0.2) is 27.1 Å². The molecule has 0 bridgehead atoms. The van der Waals surface area contributed by atoms with E-state index in [-0.39, 0.29) is 18.8 Å². The number of fused-ring (bicyclic) bond motifs is 1. The molecule has 1 N–H and O–H groups in total. The molecule has 1 aliphatic rings. The molecule has 0 radical (unpaired) electrons. The quantitative estimate of drug-likeness (QED) is 0.280. The zero-order valence-electron chi connectivity index (χ0n) is 20.7. The third kappa shape index (κ3) is 4.50. The van der Waals surface area contributed by atoms with Gasteiger partial charge in [-0.1, -0.05) is 36.4 Å². The number of aromatic nitrogens is 3. The van der Waals surface area contributed by atoms with E-state index in [1.54, 1.807) is 22.8 Å². The highest BCUT2D eigenvalue weighted by Crippen LogP contribution is 2.53. The van der Waals surface area contributed by atoms with E-state index in [1.165, 1.54) is 6.07 Å². The van der Waals surface area contributed by atoms with Crippen molar-refractivity contribution in [1.82, 2.24) is 14.6 Å². The Morgan fingerprint density at radius 1 is 1.17 bits per heavy atom. The van der Waals surface area contributed by atoms with Crippen LogP contribution in [0, 0.1) is 12.7 Å². The molecule has 0 atom stereocenters. The topological polar surface area (TPSA) is 42.2 Å². The van der Waals surface area contributed by atoms with Gasteiger partial charge in [-0.15, -0.1) is 0 Å². The van der Waals surface area contributed by atoms with Gasteiger partial charge >= 0.3 is 0 Å². The lowest BCUT2D eigenvalue weighted by Crippen LogP contribution is -2.18. The summed E-state index contributed by atoms with van der Waals surface area (Å²) in [6.07, 6.45) is 3.11. The number of aryl methyl sites for hydroxylation is 1. The molecule has 1 aliphatic carbocycles. The summed E-state index contributed by atoms with van der Waals surface area (Å²) in [6, 6.07) is 14.6. The van der Waals surface area contributed by atoms with Gasteiger partial charge in [-0.25, -0.2) is 22.7 Å². The molecule has 7 heteroatoms. The normalized spacial score (nSPS) is 14.7. The molecule has 0 unspecified atom stereocenters. The molecule has 5 rings (SSSR count). The third-order valence-electron chi connectivity index (χ3n) is 6.95. The van der Waals surface area contributed by atoms with E-state index >= 15 is 0 Å². The van der Waals surface area contributed by atoms with Crippen LogP contribution in [0.3, 0.4) is 0 Å². The first-order chi connectivity index (χ1) is 17.1. The van der Waals surface area contributed by atoms with Gasteiger partial charge < -0.3 is 5.32 Å². The van der Waals surface area contributed by atoms with Crippen molar-refractivity contribution in [2.75, 3.05) is 11.9 Å². The maximum absolute atomic E-state index is 14.1. The van der Waals surface area contributed by atoms with E-state index < -0.39 is 11.3 Å². The number of allylic oxidation sites excluding steroid dienone is 1. The summed E-state index contributed by atoms with van der Waals surface area (Å²) < 4.78 is 42.9. The molecular formula is C29H29F3N4. The number of nitrogens with zero attached hydrogens (tertiary/aromatic N) is 3. The largest absolute Gasteiger partial charge is 0.382 e. The Morgan fingerprint density at radius 3 is 2.58 bits per heavy atom. The number of imidazole rings is 1. The fraction of sp³-hybridized carbons (Fsp3) is 0.310. The van der Waals surface area contributed by atoms with Crippen LogP contribution in [0.4, 0.5) is 18.9 Å². The Balaban J connectivity index is 1.64. The third-order valence-corrected chi connectivity index (χ3v) is 6.95. The second-order valence-electron chi connectivity index (χ2n) is 9.97. The van der Waals surface area contributed by atoms with E-state index in [4.69, 9.17) is 5.10 Å². The number of alkyl halides is 2. The molecule has 1 fully saturated rings. The fourth-order valence-corrected chi connectivity index (χ4v) is 4.85. The van der Waals surface area contributed by atoms with Crippen molar-refractivity contribution in [1.29, 1.82) is 0 Å². The van der Waals surface area contributed by atoms with Crippen molar-refractivity contribution in [2.24, 2.45) is 0 Å². The lowest BCUT2D eigenvalue weighted by Gasteiger charge is -2.19. The molecule has 2 aromatic carbocycles. The Hall–Kier alpha value is -3.61. The van der Waals surface area contributed by atoms with Crippen LogP contribution in [0.1, 0.15) is 55.5 Å². The minimum Gasteiger partial charge on any atom is -0.382 e. The van der Waals surface area contributed by atoms with Gasteiger partial charge in [0.25, 0.3) is 0 Å². The summed E-state index contributed by atoms with van der Waals surface area (Å²) in [5.74, 6) is -3.07. The van der Waals surface area contributed by atoms with E-state index in [2.05, 4.69) is 22.9 Å². The summed E-state index contributed by atoms with van der Waals surface area (Å²) in [5, 5.41) is 8.14. The van der Waals surface area contributed by atoms with Crippen molar-refractivity contribution in [3.05, 3.63) is 89.5 Å². The van der Waals surface area contributed by atoms with Crippen LogP contribution in [0.5, 0.6) is 0 Å². The standard InChI is InChI=1S/C29H29F3N4/c1-18(2)23-9-8-20(14-19(23)3)25-17-34-27-24(33-13-12-28(4,31)32)16-26(35-36(25)27)29(10-11-29)21-6-5-7-22(30)15-21/h5-9,14-17,33H,1,10-13H2,2-4H3. The van der Waals surface area contributed by atoms with E-state index in [1.807, 2.05) is 38.1 Å². The molecule has 2 aromatic heterocycles. The Bertz CT molecular complexity index is 1460. The van der Waals surface area contributed by atoms with Gasteiger partial charge in [0, 0.05) is 23.9 Å². The van der Waals surface area contributed by atoms with Crippen molar-refractivity contribution < 1.29 is 13.2 Å². The monoisotopic (exact) mass is 490 g/mol. The van der Waals surface area contributed by atoms with Crippen LogP contribution in [0.15, 0.2) is 61.3 Å². The highest BCUT2D eigenvalue weighted by Gasteiger charge is 2.48. The van der Waals surface area contributed by atoms with Crippen LogP contribution in [0.25, 0.3) is 22.5 Å². The first kappa shape index (κ1) is 24.1. The second-order valence-corrected chi connectivity index (χ2v) is 9.97. The molecule has 4 nitrogen and oxygen atoms in total. The number of halogens is 3. The highest BCUT2D eigenvalue weighted by atomic mass is 19.3. The molecule has 0 spiro atoms. The van der Waals surface area contributed by atoms with E-state index in [0.717, 1.165) is 59.0 Å². The number of nitrogens with one attached hydrogen (secondary N) is 1. The maximum atomic E-state index is 14.1. The summed E-state index contributed by atoms with van der Waals surface area (Å²) in [6.45, 7) is 9.06. The number of rotatable bonds is 8. The predicted molar refractivity (Wildman–Crippen MR) is 138 cm³/mol. The second kappa shape index (κ2) is 8.80. The summed E-state index contributed by atoms with van der Waals surface area (Å²) in [5.41, 5.74) is 7.31. The number of anilines is 1. The molecule has 4 aromatic rings. The fourth-order valence-electron chi connectivity index (χ4n) is 4.85. The smallest absolute Gasteiger partial charge is 0.247 e. The molecule has 2 heterocycles. The minimum absolute atomic E-state index is 0.0875.